The number of hydrogen-bond acceptors (Lipinski definition) is 7. The predicted octanol–water partition coefficient (Wildman–Crippen LogP) is 0.388. The van der Waals surface area contributed by atoms with Crippen LogP contribution in [0.2, 0.25) is 0 Å². The molecule has 1 N–H and O–H groups in total. The summed E-state index contributed by atoms with van der Waals surface area (Å²) in [5.74, 6) is -0.801. The first-order valence-corrected chi connectivity index (χ1v) is 12.5. The van der Waals surface area contributed by atoms with Crippen LogP contribution < -0.4 is 9.03 Å². The first-order valence-electron chi connectivity index (χ1n) is 9.43. The Hall–Kier alpha value is -1.53. The van der Waals surface area contributed by atoms with Gasteiger partial charge in [-0.15, -0.1) is 0 Å². The lowest BCUT2D eigenvalue weighted by molar-refractivity contribution is -0.123. The zero-order chi connectivity index (χ0) is 21.4. The van der Waals surface area contributed by atoms with Crippen molar-refractivity contribution in [1.82, 2.24) is 9.62 Å². The number of rotatable bonds is 6. The third kappa shape index (κ3) is 4.64. The Morgan fingerprint density at radius 2 is 1.76 bits per heavy atom. The topological polar surface area (TPSA) is 113 Å². The van der Waals surface area contributed by atoms with Crippen molar-refractivity contribution in [3.8, 4) is 0 Å². The molecule has 1 unspecified atom stereocenters. The molecule has 2 fully saturated rings. The molecule has 1 amide bonds. The monoisotopic (exact) mass is 445 g/mol. The highest BCUT2D eigenvalue weighted by atomic mass is 32.2. The number of morpholine rings is 1. The fourth-order valence-electron chi connectivity index (χ4n) is 3.48. The average Bonchev–Trinajstić information content (AvgIpc) is 2.83. The van der Waals surface area contributed by atoms with Crippen LogP contribution in [0.4, 0.5) is 5.69 Å². The van der Waals surface area contributed by atoms with Crippen molar-refractivity contribution in [1.29, 1.82) is 0 Å². The zero-order valence-corrected chi connectivity index (χ0v) is 18.4. The van der Waals surface area contributed by atoms with E-state index in [2.05, 4.69) is 9.62 Å². The van der Waals surface area contributed by atoms with Crippen molar-refractivity contribution >= 4 is 31.6 Å². The van der Waals surface area contributed by atoms with E-state index >= 15 is 0 Å². The molecule has 2 heterocycles. The number of benzene rings is 1. The van der Waals surface area contributed by atoms with Crippen molar-refractivity contribution in [2.24, 2.45) is 5.41 Å². The highest BCUT2D eigenvalue weighted by Crippen LogP contribution is 2.35. The summed E-state index contributed by atoms with van der Waals surface area (Å²) in [6.45, 7) is 8.12. The molecular weight excluding hydrogens is 418 g/mol. The largest absolute Gasteiger partial charge is 0.379 e. The standard InChI is InChI=1S/C18H27N3O6S2/c1-14(20-8-10-27-11-9-20)12-19-29(25,26)16-6-4-15(5-7-16)21-17(22)18(2,3)13-28(21,23)24/h4-7,14,19H,8-13H2,1-3H3. The number of ether oxygens (including phenoxy) is 1. The summed E-state index contributed by atoms with van der Waals surface area (Å²) in [5.41, 5.74) is -0.873. The van der Waals surface area contributed by atoms with Crippen molar-refractivity contribution in [3.05, 3.63) is 24.3 Å². The number of amides is 1. The van der Waals surface area contributed by atoms with Crippen molar-refractivity contribution in [2.45, 2.75) is 31.7 Å². The lowest BCUT2D eigenvalue weighted by atomic mass is 9.95. The smallest absolute Gasteiger partial charge is 0.247 e. The normalized spacial score (nSPS) is 23.3. The van der Waals surface area contributed by atoms with E-state index < -0.39 is 31.4 Å². The van der Waals surface area contributed by atoms with Gasteiger partial charge in [-0.05, 0) is 45.0 Å². The molecule has 0 saturated carbocycles. The van der Waals surface area contributed by atoms with Gasteiger partial charge in [-0.2, -0.15) is 0 Å². The summed E-state index contributed by atoms with van der Waals surface area (Å²) in [5, 5.41) is 0. The summed E-state index contributed by atoms with van der Waals surface area (Å²) in [4.78, 5) is 14.6. The predicted molar refractivity (Wildman–Crippen MR) is 109 cm³/mol. The van der Waals surface area contributed by atoms with Crippen LogP contribution in [0.1, 0.15) is 20.8 Å². The van der Waals surface area contributed by atoms with E-state index in [9.17, 15) is 21.6 Å². The molecule has 0 aromatic heterocycles. The Bertz CT molecular complexity index is 967. The Balaban J connectivity index is 1.71. The Morgan fingerprint density at radius 3 is 2.28 bits per heavy atom. The van der Waals surface area contributed by atoms with Crippen molar-refractivity contribution < 1.29 is 26.4 Å². The van der Waals surface area contributed by atoms with Gasteiger partial charge in [0.05, 0.1) is 35.0 Å². The van der Waals surface area contributed by atoms with Gasteiger partial charge in [0, 0.05) is 25.7 Å². The quantitative estimate of drug-likeness (QED) is 0.674. The second-order valence-electron chi connectivity index (χ2n) is 8.05. The van der Waals surface area contributed by atoms with Gasteiger partial charge >= 0.3 is 0 Å². The molecule has 11 heteroatoms. The van der Waals surface area contributed by atoms with Crippen molar-refractivity contribution in [3.63, 3.8) is 0 Å². The number of carbonyl (C=O) groups excluding carboxylic acids is 1. The molecule has 0 bridgehead atoms. The zero-order valence-electron chi connectivity index (χ0n) is 16.8. The molecule has 0 spiro atoms. The molecule has 0 radical (unpaired) electrons. The lowest BCUT2D eigenvalue weighted by Crippen LogP contribution is -2.47. The van der Waals surface area contributed by atoms with Gasteiger partial charge in [0.25, 0.3) is 0 Å². The molecule has 29 heavy (non-hydrogen) atoms. The van der Waals surface area contributed by atoms with E-state index in [1.165, 1.54) is 24.3 Å². The Morgan fingerprint density at radius 1 is 1.17 bits per heavy atom. The van der Waals surface area contributed by atoms with E-state index in [1.54, 1.807) is 13.8 Å². The van der Waals surface area contributed by atoms with Crippen LogP contribution in [0.15, 0.2) is 29.2 Å². The van der Waals surface area contributed by atoms with Gasteiger partial charge in [0.2, 0.25) is 26.0 Å². The maximum Gasteiger partial charge on any atom is 0.247 e. The van der Waals surface area contributed by atoms with Gasteiger partial charge in [0.15, 0.2) is 0 Å². The second kappa shape index (κ2) is 7.95. The first-order chi connectivity index (χ1) is 13.4. The summed E-state index contributed by atoms with van der Waals surface area (Å²) < 4.78 is 58.6. The van der Waals surface area contributed by atoms with Crippen LogP contribution in [0.3, 0.4) is 0 Å². The Kier molecular flexibility index (Phi) is 6.08. The molecular formula is C18H27N3O6S2. The number of carbonyl (C=O) groups is 1. The fraction of sp³-hybridized carbons (Fsp3) is 0.611. The van der Waals surface area contributed by atoms with E-state index in [4.69, 9.17) is 4.74 Å². The third-order valence-corrected chi connectivity index (χ3v) is 8.66. The van der Waals surface area contributed by atoms with Crippen LogP contribution >= 0.6 is 0 Å². The van der Waals surface area contributed by atoms with Gasteiger partial charge in [-0.3, -0.25) is 9.69 Å². The third-order valence-electron chi connectivity index (χ3n) is 5.20. The molecule has 162 valence electrons. The molecule has 2 aliphatic heterocycles. The fourth-order valence-corrected chi connectivity index (χ4v) is 6.71. The maximum absolute atomic E-state index is 12.6. The summed E-state index contributed by atoms with van der Waals surface area (Å²) in [6.07, 6.45) is 0. The highest BCUT2D eigenvalue weighted by Gasteiger charge is 2.49. The maximum atomic E-state index is 12.6. The summed E-state index contributed by atoms with van der Waals surface area (Å²) in [6, 6.07) is 5.33. The van der Waals surface area contributed by atoms with Crippen molar-refractivity contribution in [2.75, 3.05) is 42.9 Å². The van der Waals surface area contributed by atoms with Crippen LogP contribution in [-0.2, 0) is 29.6 Å². The number of anilines is 1. The van der Waals surface area contributed by atoms with E-state index in [-0.39, 0.29) is 28.9 Å². The molecule has 1 aromatic carbocycles. The van der Waals surface area contributed by atoms with Crippen LogP contribution in [0, 0.1) is 5.41 Å². The van der Waals surface area contributed by atoms with Gasteiger partial charge in [-0.25, -0.2) is 25.9 Å². The molecule has 2 saturated heterocycles. The van der Waals surface area contributed by atoms with Gasteiger partial charge in [-0.1, -0.05) is 0 Å². The number of nitrogens with one attached hydrogen (secondary N) is 1. The molecule has 0 aliphatic carbocycles. The minimum Gasteiger partial charge on any atom is -0.379 e. The van der Waals surface area contributed by atoms with Crippen LogP contribution in [0.25, 0.3) is 0 Å². The summed E-state index contributed by atoms with van der Waals surface area (Å²) in [7, 11) is -7.54. The van der Waals surface area contributed by atoms with Crippen LogP contribution in [0.5, 0.6) is 0 Å². The highest BCUT2D eigenvalue weighted by molar-refractivity contribution is 7.94. The first kappa shape index (κ1) is 22.2. The summed E-state index contributed by atoms with van der Waals surface area (Å²) >= 11 is 0. The minimum atomic E-state index is -3.78. The van der Waals surface area contributed by atoms with E-state index in [0.29, 0.717) is 13.2 Å². The van der Waals surface area contributed by atoms with Gasteiger partial charge < -0.3 is 4.74 Å². The number of sulfonamides is 2. The minimum absolute atomic E-state index is 0.0127. The van der Waals surface area contributed by atoms with E-state index in [0.717, 1.165) is 17.4 Å². The average molecular weight is 446 g/mol. The SMILES string of the molecule is CC(CNS(=O)(=O)c1ccc(N2C(=O)C(C)(C)CS2(=O)=O)cc1)N1CCOCC1. The lowest BCUT2D eigenvalue weighted by Gasteiger charge is -2.32. The van der Waals surface area contributed by atoms with Crippen LogP contribution in [-0.4, -0.2) is 72.3 Å². The Labute approximate surface area is 172 Å². The van der Waals surface area contributed by atoms with Gasteiger partial charge in [0.1, 0.15) is 0 Å². The molecule has 2 aliphatic rings. The van der Waals surface area contributed by atoms with E-state index in [1.807, 2.05) is 6.92 Å². The molecule has 9 nitrogen and oxygen atoms in total. The number of hydrogen-bond donors (Lipinski definition) is 1. The second-order valence-corrected chi connectivity index (χ2v) is 11.6. The molecule has 3 rings (SSSR count). The molecule has 1 aromatic rings. The molecule has 1 atom stereocenters. The number of nitrogens with zero attached hydrogens (tertiary/aromatic N) is 2.